The quantitative estimate of drug-likeness (QED) is 0.834. The number of hydrogen-bond acceptors (Lipinski definition) is 4. The summed E-state index contributed by atoms with van der Waals surface area (Å²) in [4.78, 5) is 7.63. The van der Waals surface area contributed by atoms with Gasteiger partial charge in [0, 0.05) is 17.8 Å². The van der Waals surface area contributed by atoms with E-state index in [9.17, 15) is 13.2 Å². The molecule has 21 heavy (non-hydrogen) atoms. The Bertz CT molecular complexity index is 644. The summed E-state index contributed by atoms with van der Waals surface area (Å²) in [6, 6.07) is 4.46. The fraction of sp³-hybridized carbons (Fsp3) is 0.167. The number of anilines is 2. The number of alkyl halides is 3. The maximum atomic E-state index is 12.8. The number of ether oxygens (including phenoxy) is 1. The molecule has 1 N–H and O–H groups in total. The molecule has 4 nitrogen and oxygen atoms in total. The minimum Gasteiger partial charge on any atom is -0.497 e. The molecule has 0 radical (unpaired) electrons. The minimum atomic E-state index is -4.50. The molecule has 0 unspecified atom stereocenters. The summed E-state index contributed by atoms with van der Waals surface area (Å²) in [5.74, 6) is 0.0225. The molecular weight excluding hydrogens is 330 g/mol. The molecular formula is C12H8Cl2F3N3O. The summed E-state index contributed by atoms with van der Waals surface area (Å²) in [7, 11) is 1.27. The lowest BCUT2D eigenvalue weighted by Gasteiger charge is -2.12. The number of rotatable bonds is 3. The Morgan fingerprint density at radius 2 is 1.67 bits per heavy atom. The van der Waals surface area contributed by atoms with Gasteiger partial charge in [-0.25, -0.2) is 9.97 Å². The zero-order chi connectivity index (χ0) is 15.6. The second-order valence-corrected chi connectivity index (χ2v) is 4.68. The molecule has 2 aromatic rings. The molecule has 112 valence electrons. The zero-order valence-electron chi connectivity index (χ0n) is 10.5. The molecule has 0 atom stereocenters. The molecule has 0 fully saturated rings. The highest BCUT2D eigenvalue weighted by molar-refractivity contribution is 6.33. The van der Waals surface area contributed by atoms with E-state index in [2.05, 4.69) is 15.3 Å². The normalized spacial score (nSPS) is 11.3. The first kappa shape index (κ1) is 15.7. The third-order valence-corrected chi connectivity index (χ3v) is 2.78. The predicted molar refractivity (Wildman–Crippen MR) is 73.3 cm³/mol. The van der Waals surface area contributed by atoms with Crippen LogP contribution < -0.4 is 10.1 Å². The fourth-order valence-corrected chi connectivity index (χ4v) is 1.95. The monoisotopic (exact) mass is 337 g/mol. The first-order valence-corrected chi connectivity index (χ1v) is 6.27. The van der Waals surface area contributed by atoms with Crippen LogP contribution in [0.3, 0.4) is 0 Å². The van der Waals surface area contributed by atoms with Crippen LogP contribution in [0.15, 0.2) is 24.3 Å². The van der Waals surface area contributed by atoms with Gasteiger partial charge in [-0.05, 0) is 12.1 Å². The fourth-order valence-electron chi connectivity index (χ4n) is 1.53. The van der Waals surface area contributed by atoms with Crippen molar-refractivity contribution in [2.45, 2.75) is 6.18 Å². The third-order valence-electron chi connectivity index (χ3n) is 2.39. The van der Waals surface area contributed by atoms with Gasteiger partial charge in [-0.1, -0.05) is 23.2 Å². The minimum absolute atomic E-state index is 0.0196. The van der Waals surface area contributed by atoms with Crippen LogP contribution in [-0.2, 0) is 6.18 Å². The largest absolute Gasteiger partial charge is 0.497 e. The van der Waals surface area contributed by atoms with E-state index in [4.69, 9.17) is 27.9 Å². The van der Waals surface area contributed by atoms with Crippen molar-refractivity contribution in [2.75, 3.05) is 12.4 Å². The van der Waals surface area contributed by atoms with E-state index in [1.54, 1.807) is 0 Å². The van der Waals surface area contributed by atoms with Gasteiger partial charge in [0.05, 0.1) is 12.7 Å². The average molecular weight is 338 g/mol. The van der Waals surface area contributed by atoms with Gasteiger partial charge in [0.2, 0.25) is 5.95 Å². The Morgan fingerprint density at radius 3 is 2.19 bits per heavy atom. The number of hydrogen-bond donors (Lipinski definition) is 1. The van der Waals surface area contributed by atoms with Crippen LogP contribution in [-0.4, -0.2) is 17.1 Å². The Labute approximate surface area is 127 Å². The van der Waals surface area contributed by atoms with Crippen LogP contribution in [0.5, 0.6) is 5.75 Å². The molecule has 0 aliphatic heterocycles. The molecule has 0 spiro atoms. The lowest BCUT2D eigenvalue weighted by atomic mass is 10.2. The van der Waals surface area contributed by atoms with Gasteiger partial charge < -0.3 is 10.1 Å². The molecule has 0 saturated heterocycles. The van der Waals surface area contributed by atoms with Crippen molar-refractivity contribution in [2.24, 2.45) is 0 Å². The van der Waals surface area contributed by atoms with Crippen LogP contribution >= 0.6 is 23.2 Å². The Morgan fingerprint density at radius 1 is 1.05 bits per heavy atom. The van der Waals surface area contributed by atoms with Gasteiger partial charge in [-0.2, -0.15) is 13.2 Å². The summed E-state index contributed by atoms with van der Waals surface area (Å²) >= 11 is 11.4. The number of benzene rings is 1. The lowest BCUT2D eigenvalue weighted by Crippen LogP contribution is -2.06. The number of aromatic nitrogens is 2. The van der Waals surface area contributed by atoms with Gasteiger partial charge in [0.1, 0.15) is 16.1 Å². The lowest BCUT2D eigenvalue weighted by molar-refractivity contribution is -0.137. The van der Waals surface area contributed by atoms with Gasteiger partial charge >= 0.3 is 6.18 Å². The highest BCUT2D eigenvalue weighted by Crippen LogP contribution is 2.34. The van der Waals surface area contributed by atoms with Crippen molar-refractivity contribution in [3.8, 4) is 5.75 Å². The van der Waals surface area contributed by atoms with E-state index in [-0.39, 0.29) is 27.7 Å². The van der Waals surface area contributed by atoms with E-state index in [0.29, 0.717) is 0 Å². The van der Waals surface area contributed by atoms with Gasteiger partial charge in [-0.3, -0.25) is 0 Å². The predicted octanol–water partition coefficient (Wildman–Crippen LogP) is 4.55. The molecule has 1 aromatic carbocycles. The number of methoxy groups -OCH3 is 1. The third kappa shape index (κ3) is 4.12. The van der Waals surface area contributed by atoms with Crippen LogP contribution in [0.4, 0.5) is 24.8 Å². The maximum Gasteiger partial charge on any atom is 0.416 e. The summed E-state index contributed by atoms with van der Waals surface area (Å²) < 4.78 is 43.2. The highest BCUT2D eigenvalue weighted by atomic mass is 35.5. The van der Waals surface area contributed by atoms with Crippen molar-refractivity contribution >= 4 is 34.8 Å². The number of nitrogens with one attached hydrogen (secondary N) is 1. The summed E-state index contributed by atoms with van der Waals surface area (Å²) in [5, 5.41) is 2.73. The van der Waals surface area contributed by atoms with Gasteiger partial charge in [0.15, 0.2) is 0 Å². The number of nitrogens with zero attached hydrogens (tertiary/aromatic N) is 2. The molecule has 0 saturated carbocycles. The summed E-state index contributed by atoms with van der Waals surface area (Å²) in [6.45, 7) is 0. The SMILES string of the molecule is COc1cc(Nc2nc(Cl)cc(Cl)n2)cc(C(F)(F)F)c1. The Kier molecular flexibility index (Phi) is 4.43. The van der Waals surface area contributed by atoms with Crippen LogP contribution in [0.25, 0.3) is 0 Å². The molecule has 2 rings (SSSR count). The zero-order valence-corrected chi connectivity index (χ0v) is 12.0. The average Bonchev–Trinajstić information content (AvgIpc) is 2.36. The topological polar surface area (TPSA) is 47.0 Å². The molecule has 9 heteroatoms. The van der Waals surface area contributed by atoms with Crippen molar-refractivity contribution < 1.29 is 17.9 Å². The smallest absolute Gasteiger partial charge is 0.416 e. The molecule has 0 bridgehead atoms. The second-order valence-electron chi connectivity index (χ2n) is 3.91. The van der Waals surface area contributed by atoms with Gasteiger partial charge in [-0.15, -0.1) is 0 Å². The van der Waals surface area contributed by atoms with E-state index >= 15 is 0 Å². The van der Waals surface area contributed by atoms with Crippen molar-refractivity contribution in [3.63, 3.8) is 0 Å². The summed E-state index contributed by atoms with van der Waals surface area (Å²) in [5.41, 5.74) is -0.766. The van der Waals surface area contributed by atoms with E-state index in [1.807, 2.05) is 0 Å². The molecule has 1 aromatic heterocycles. The molecule has 0 amide bonds. The van der Waals surface area contributed by atoms with Crippen molar-refractivity contribution in [3.05, 3.63) is 40.1 Å². The van der Waals surface area contributed by atoms with Crippen LogP contribution in [0.2, 0.25) is 10.3 Å². The van der Waals surface area contributed by atoms with E-state index < -0.39 is 11.7 Å². The standard InChI is InChI=1S/C12H8Cl2F3N3O/c1-21-8-3-6(12(15,16)17)2-7(4-8)18-11-19-9(13)5-10(14)20-11/h2-5H,1H3,(H,18,19,20). The maximum absolute atomic E-state index is 12.8. The first-order valence-electron chi connectivity index (χ1n) is 5.51. The van der Waals surface area contributed by atoms with E-state index in [0.717, 1.165) is 12.1 Å². The second kappa shape index (κ2) is 5.95. The molecule has 1 heterocycles. The number of halogens is 5. The Balaban J connectivity index is 2.39. The van der Waals surface area contributed by atoms with Crippen LogP contribution in [0, 0.1) is 0 Å². The van der Waals surface area contributed by atoms with Crippen molar-refractivity contribution in [1.29, 1.82) is 0 Å². The Hall–Kier alpha value is -1.73. The highest BCUT2D eigenvalue weighted by Gasteiger charge is 2.31. The van der Waals surface area contributed by atoms with Crippen LogP contribution in [0.1, 0.15) is 5.56 Å². The van der Waals surface area contributed by atoms with E-state index in [1.165, 1.54) is 19.2 Å². The molecule has 0 aliphatic rings. The summed E-state index contributed by atoms with van der Waals surface area (Å²) in [6.07, 6.45) is -4.50. The van der Waals surface area contributed by atoms with Gasteiger partial charge in [0.25, 0.3) is 0 Å². The first-order chi connectivity index (χ1) is 9.77. The van der Waals surface area contributed by atoms with Crippen molar-refractivity contribution in [1.82, 2.24) is 9.97 Å². The molecule has 0 aliphatic carbocycles.